The minimum absolute atomic E-state index is 0.0156. The van der Waals surface area contributed by atoms with Gasteiger partial charge in [0, 0.05) is 24.2 Å². The fraction of sp³-hybridized carbons (Fsp3) is 0.316. The predicted octanol–water partition coefficient (Wildman–Crippen LogP) is 4.05. The molecule has 25 heavy (non-hydrogen) atoms. The number of nitro groups is 1. The molecule has 0 atom stereocenters. The average molecular weight is 342 g/mol. The number of rotatable bonds is 8. The average Bonchev–Trinajstić information content (AvgIpc) is 2.62. The van der Waals surface area contributed by atoms with E-state index in [1.165, 1.54) is 11.0 Å². The Morgan fingerprint density at radius 1 is 1.16 bits per heavy atom. The van der Waals surface area contributed by atoms with Crippen molar-refractivity contribution in [3.05, 3.63) is 69.8 Å². The van der Waals surface area contributed by atoms with Crippen molar-refractivity contribution in [3.8, 4) is 5.75 Å². The third kappa shape index (κ3) is 5.04. The van der Waals surface area contributed by atoms with Gasteiger partial charge in [-0.3, -0.25) is 14.9 Å². The molecule has 0 bridgehead atoms. The fourth-order valence-electron chi connectivity index (χ4n) is 2.40. The standard InChI is InChI=1S/C19H22N2O4/c1-3-4-13-25-17-11-9-15(10-12-17)19(22)20(2)14-16-7-5-6-8-18(16)21(23)24/h5-12H,3-4,13-14H2,1-2H3. The highest BCUT2D eigenvalue weighted by molar-refractivity contribution is 5.94. The van der Waals surface area contributed by atoms with Gasteiger partial charge >= 0.3 is 0 Å². The molecule has 0 aliphatic carbocycles. The van der Waals surface area contributed by atoms with Gasteiger partial charge in [-0.05, 0) is 30.7 Å². The first-order valence-corrected chi connectivity index (χ1v) is 8.23. The zero-order chi connectivity index (χ0) is 18.2. The van der Waals surface area contributed by atoms with Gasteiger partial charge in [0.15, 0.2) is 0 Å². The van der Waals surface area contributed by atoms with E-state index in [-0.39, 0.29) is 18.1 Å². The fourth-order valence-corrected chi connectivity index (χ4v) is 2.40. The minimum atomic E-state index is -0.434. The molecule has 2 rings (SSSR count). The second kappa shape index (κ2) is 8.82. The van der Waals surface area contributed by atoms with Crippen molar-refractivity contribution < 1.29 is 14.5 Å². The van der Waals surface area contributed by atoms with Crippen LogP contribution >= 0.6 is 0 Å². The molecule has 132 valence electrons. The number of hydrogen-bond acceptors (Lipinski definition) is 4. The summed E-state index contributed by atoms with van der Waals surface area (Å²) in [6, 6.07) is 13.4. The molecule has 0 spiro atoms. The molecule has 0 unspecified atom stereocenters. The summed E-state index contributed by atoms with van der Waals surface area (Å²) in [5.74, 6) is 0.532. The van der Waals surface area contributed by atoms with E-state index in [0.717, 1.165) is 18.6 Å². The lowest BCUT2D eigenvalue weighted by molar-refractivity contribution is -0.385. The maximum atomic E-state index is 12.5. The first kappa shape index (κ1) is 18.4. The molecular weight excluding hydrogens is 320 g/mol. The van der Waals surface area contributed by atoms with Gasteiger partial charge in [0.1, 0.15) is 5.75 Å². The van der Waals surface area contributed by atoms with Gasteiger partial charge in [-0.25, -0.2) is 0 Å². The van der Waals surface area contributed by atoms with E-state index in [1.807, 2.05) is 0 Å². The van der Waals surface area contributed by atoms with Crippen molar-refractivity contribution in [1.82, 2.24) is 4.90 Å². The number of carbonyl (C=O) groups excluding carboxylic acids is 1. The molecule has 0 saturated carbocycles. The molecule has 1 amide bonds. The maximum Gasteiger partial charge on any atom is 0.274 e. The lowest BCUT2D eigenvalue weighted by atomic mass is 10.1. The highest BCUT2D eigenvalue weighted by Gasteiger charge is 2.18. The Labute approximate surface area is 147 Å². The molecule has 0 heterocycles. The van der Waals surface area contributed by atoms with Crippen LogP contribution in [0.15, 0.2) is 48.5 Å². The van der Waals surface area contributed by atoms with Gasteiger partial charge in [0.25, 0.3) is 11.6 Å². The summed E-state index contributed by atoms with van der Waals surface area (Å²) in [5.41, 5.74) is 1.04. The number of nitrogens with zero attached hydrogens (tertiary/aromatic N) is 2. The van der Waals surface area contributed by atoms with Crippen LogP contribution in [0.2, 0.25) is 0 Å². The monoisotopic (exact) mass is 342 g/mol. The molecule has 0 fully saturated rings. The van der Waals surface area contributed by atoms with Crippen LogP contribution < -0.4 is 4.74 Å². The van der Waals surface area contributed by atoms with Gasteiger partial charge in [-0.2, -0.15) is 0 Å². The van der Waals surface area contributed by atoms with Crippen LogP contribution in [-0.4, -0.2) is 29.4 Å². The number of carbonyl (C=O) groups is 1. The van der Waals surface area contributed by atoms with Crippen molar-refractivity contribution in [1.29, 1.82) is 0 Å². The van der Waals surface area contributed by atoms with E-state index in [0.29, 0.717) is 17.7 Å². The zero-order valence-electron chi connectivity index (χ0n) is 14.5. The first-order valence-electron chi connectivity index (χ1n) is 8.23. The number of ether oxygens (including phenoxy) is 1. The van der Waals surface area contributed by atoms with Gasteiger partial charge < -0.3 is 9.64 Å². The topological polar surface area (TPSA) is 72.7 Å². The summed E-state index contributed by atoms with van der Waals surface area (Å²) in [7, 11) is 1.63. The zero-order valence-corrected chi connectivity index (χ0v) is 14.5. The summed E-state index contributed by atoms with van der Waals surface area (Å²) < 4.78 is 5.58. The SMILES string of the molecule is CCCCOc1ccc(C(=O)N(C)Cc2ccccc2[N+](=O)[O-])cc1. The van der Waals surface area contributed by atoms with E-state index in [2.05, 4.69) is 6.92 Å². The normalized spacial score (nSPS) is 10.3. The first-order chi connectivity index (χ1) is 12.0. The van der Waals surface area contributed by atoms with Crippen LogP contribution in [0.5, 0.6) is 5.75 Å². The van der Waals surface area contributed by atoms with E-state index in [4.69, 9.17) is 4.74 Å². The highest BCUT2D eigenvalue weighted by Crippen LogP contribution is 2.20. The van der Waals surface area contributed by atoms with Crippen LogP contribution in [0.3, 0.4) is 0 Å². The Morgan fingerprint density at radius 2 is 1.84 bits per heavy atom. The Bertz CT molecular complexity index is 728. The van der Waals surface area contributed by atoms with Crippen molar-refractivity contribution in [3.63, 3.8) is 0 Å². The number of nitro benzene ring substituents is 1. The molecule has 0 aliphatic heterocycles. The van der Waals surface area contributed by atoms with Gasteiger partial charge in [0.2, 0.25) is 0 Å². The summed E-state index contributed by atoms with van der Waals surface area (Å²) in [5, 5.41) is 11.1. The van der Waals surface area contributed by atoms with Crippen LogP contribution in [0.4, 0.5) is 5.69 Å². The predicted molar refractivity (Wildman–Crippen MR) is 95.7 cm³/mol. The second-order valence-corrected chi connectivity index (χ2v) is 5.77. The Hall–Kier alpha value is -2.89. The van der Waals surface area contributed by atoms with Crippen molar-refractivity contribution >= 4 is 11.6 Å². The minimum Gasteiger partial charge on any atom is -0.494 e. The molecule has 0 saturated heterocycles. The molecular formula is C19H22N2O4. The van der Waals surface area contributed by atoms with Crippen LogP contribution in [0, 0.1) is 10.1 Å². The number of para-hydroxylation sites is 1. The number of unbranched alkanes of at least 4 members (excludes halogenated alkanes) is 1. The summed E-state index contributed by atoms with van der Waals surface area (Å²) >= 11 is 0. The van der Waals surface area contributed by atoms with E-state index in [9.17, 15) is 14.9 Å². The lowest BCUT2D eigenvalue weighted by Crippen LogP contribution is -2.26. The van der Waals surface area contributed by atoms with Crippen molar-refractivity contribution in [2.24, 2.45) is 0 Å². The molecule has 2 aromatic rings. The Kier molecular flexibility index (Phi) is 6.51. The molecule has 0 radical (unpaired) electrons. The summed E-state index contributed by atoms with van der Waals surface area (Å²) in [6.07, 6.45) is 2.05. The summed E-state index contributed by atoms with van der Waals surface area (Å²) in [6.45, 7) is 2.92. The van der Waals surface area contributed by atoms with Crippen molar-refractivity contribution in [2.75, 3.05) is 13.7 Å². The molecule has 6 nitrogen and oxygen atoms in total. The third-order valence-electron chi connectivity index (χ3n) is 3.81. The quantitative estimate of drug-likeness (QED) is 0.412. The molecule has 0 aromatic heterocycles. The van der Waals surface area contributed by atoms with E-state index >= 15 is 0 Å². The van der Waals surface area contributed by atoms with Gasteiger partial charge in [-0.15, -0.1) is 0 Å². The Balaban J connectivity index is 2.04. The van der Waals surface area contributed by atoms with Crippen LogP contribution in [-0.2, 0) is 6.54 Å². The maximum absolute atomic E-state index is 12.5. The third-order valence-corrected chi connectivity index (χ3v) is 3.81. The molecule has 2 aromatic carbocycles. The van der Waals surface area contributed by atoms with Crippen LogP contribution in [0.25, 0.3) is 0 Å². The Morgan fingerprint density at radius 3 is 2.48 bits per heavy atom. The second-order valence-electron chi connectivity index (χ2n) is 5.77. The summed E-state index contributed by atoms with van der Waals surface area (Å²) in [4.78, 5) is 24.6. The molecule has 0 aliphatic rings. The smallest absolute Gasteiger partial charge is 0.274 e. The van der Waals surface area contributed by atoms with Crippen LogP contribution in [0.1, 0.15) is 35.7 Å². The lowest BCUT2D eigenvalue weighted by Gasteiger charge is -2.17. The number of amides is 1. The highest BCUT2D eigenvalue weighted by atomic mass is 16.6. The largest absolute Gasteiger partial charge is 0.494 e. The van der Waals surface area contributed by atoms with Crippen molar-refractivity contribution in [2.45, 2.75) is 26.3 Å². The van der Waals surface area contributed by atoms with Gasteiger partial charge in [-0.1, -0.05) is 31.5 Å². The molecule has 6 heteroatoms. The number of benzene rings is 2. The molecule has 0 N–H and O–H groups in total. The van der Waals surface area contributed by atoms with E-state index < -0.39 is 4.92 Å². The van der Waals surface area contributed by atoms with E-state index in [1.54, 1.807) is 49.5 Å². The number of hydrogen-bond donors (Lipinski definition) is 0. The van der Waals surface area contributed by atoms with Gasteiger partial charge in [0.05, 0.1) is 18.1 Å².